The van der Waals surface area contributed by atoms with Gasteiger partial charge in [0, 0.05) is 12.1 Å². The molecule has 0 fully saturated rings. The van der Waals surface area contributed by atoms with Crippen molar-refractivity contribution in [2.75, 3.05) is 0 Å². The maximum Gasteiger partial charge on any atom is 0.363 e. The zero-order chi connectivity index (χ0) is 13.2. The van der Waals surface area contributed by atoms with E-state index < -0.39 is 14.7 Å². The molecule has 0 saturated carbocycles. The highest BCUT2D eigenvalue weighted by Gasteiger charge is 2.33. The fraction of sp³-hybridized carbons (Fsp3) is 0.125. The predicted octanol–water partition coefficient (Wildman–Crippen LogP) is 3.52. The second kappa shape index (κ2) is 5.27. The summed E-state index contributed by atoms with van der Waals surface area (Å²) in [5, 5.41) is 10.3. The number of ether oxygens (including phenoxy) is 1. The number of nitro benzene ring substituents is 1. The van der Waals surface area contributed by atoms with Gasteiger partial charge in [0.25, 0.3) is 9.48 Å². The summed E-state index contributed by atoms with van der Waals surface area (Å²) in [5.74, 6) is -1.29. The van der Waals surface area contributed by atoms with Crippen LogP contribution in [0.1, 0.15) is 0 Å². The lowest BCUT2D eigenvalue weighted by Crippen LogP contribution is -2.24. The second-order valence-electron chi connectivity index (χ2n) is 2.76. The van der Waals surface area contributed by atoms with Crippen molar-refractivity contribution in [1.29, 1.82) is 0 Å². The summed E-state index contributed by atoms with van der Waals surface area (Å²) < 4.78 is 2.41. The van der Waals surface area contributed by atoms with Gasteiger partial charge in [-0.2, -0.15) is 0 Å². The third-order valence-corrected chi connectivity index (χ3v) is 2.32. The summed E-state index contributed by atoms with van der Waals surface area (Å²) in [6, 6.07) is 3.25. The lowest BCUT2D eigenvalue weighted by Gasteiger charge is -2.10. The number of nitro groups is 1. The molecule has 0 radical (unpaired) electrons. The molecule has 0 spiro atoms. The molecule has 0 saturated heterocycles. The fourth-order valence-electron chi connectivity index (χ4n) is 0.844. The Bertz CT molecular complexity index is 471. The van der Waals surface area contributed by atoms with Crippen LogP contribution in [0.5, 0.6) is 5.75 Å². The van der Waals surface area contributed by atoms with Crippen molar-refractivity contribution in [1.82, 2.24) is 0 Å². The number of hydrogen-bond acceptors (Lipinski definition) is 4. The Morgan fingerprint density at radius 3 is 2.35 bits per heavy atom. The molecular weight excluding hydrogens is 316 g/mol. The molecule has 1 rings (SSSR count). The van der Waals surface area contributed by atoms with Gasteiger partial charge < -0.3 is 4.74 Å². The topological polar surface area (TPSA) is 69.4 Å². The molecule has 0 aliphatic carbocycles. The van der Waals surface area contributed by atoms with Gasteiger partial charge in [-0.1, -0.05) is 46.4 Å². The second-order valence-corrected chi connectivity index (χ2v) is 5.45. The predicted molar refractivity (Wildman–Crippen MR) is 64.0 cm³/mol. The standard InChI is InChI=1S/C8H3Cl4NO4/c9-5-3-4(13(15)16)1-2-6(5)17-7(14)8(10,11)12/h1-3H. The molecule has 0 heterocycles. The van der Waals surface area contributed by atoms with E-state index >= 15 is 0 Å². The highest BCUT2D eigenvalue weighted by molar-refractivity contribution is 6.75. The van der Waals surface area contributed by atoms with Crippen molar-refractivity contribution in [3.8, 4) is 5.75 Å². The minimum absolute atomic E-state index is 0.131. The highest BCUT2D eigenvalue weighted by Crippen LogP contribution is 2.33. The van der Waals surface area contributed by atoms with Crippen LogP contribution in [0.2, 0.25) is 5.02 Å². The third kappa shape index (κ3) is 3.89. The number of esters is 1. The summed E-state index contributed by atoms with van der Waals surface area (Å²) in [5.41, 5.74) is -0.247. The van der Waals surface area contributed by atoms with E-state index in [1.165, 1.54) is 0 Å². The Kier molecular flexibility index (Phi) is 4.43. The van der Waals surface area contributed by atoms with Gasteiger partial charge in [0.15, 0.2) is 0 Å². The molecule has 1 aromatic carbocycles. The van der Waals surface area contributed by atoms with Gasteiger partial charge in [0.1, 0.15) is 5.75 Å². The number of rotatable bonds is 2. The molecule has 0 aliphatic heterocycles. The first kappa shape index (κ1) is 14.3. The smallest absolute Gasteiger partial charge is 0.363 e. The van der Waals surface area contributed by atoms with Crippen LogP contribution in [0.3, 0.4) is 0 Å². The molecule has 17 heavy (non-hydrogen) atoms. The Balaban J connectivity index is 2.95. The SMILES string of the molecule is O=C(Oc1ccc([N+](=O)[O-])cc1Cl)C(Cl)(Cl)Cl. The fourth-order valence-corrected chi connectivity index (χ4v) is 1.17. The first-order chi connectivity index (χ1) is 7.71. The first-order valence-electron chi connectivity index (χ1n) is 3.95. The van der Waals surface area contributed by atoms with E-state index in [2.05, 4.69) is 4.74 Å². The number of halogens is 4. The number of benzene rings is 1. The average Bonchev–Trinajstić information content (AvgIpc) is 2.19. The van der Waals surface area contributed by atoms with Crippen molar-refractivity contribution < 1.29 is 14.5 Å². The van der Waals surface area contributed by atoms with Crippen LogP contribution >= 0.6 is 46.4 Å². The molecule has 0 bridgehead atoms. The van der Waals surface area contributed by atoms with Crippen molar-refractivity contribution in [2.24, 2.45) is 0 Å². The van der Waals surface area contributed by atoms with Gasteiger partial charge in [-0.25, -0.2) is 4.79 Å². The van der Waals surface area contributed by atoms with Crippen LogP contribution in [0.4, 0.5) is 5.69 Å². The normalized spacial score (nSPS) is 11.1. The summed E-state index contributed by atoms with van der Waals surface area (Å²) in [4.78, 5) is 21.0. The van der Waals surface area contributed by atoms with E-state index in [0.717, 1.165) is 18.2 Å². The van der Waals surface area contributed by atoms with Gasteiger partial charge in [-0.05, 0) is 6.07 Å². The van der Waals surface area contributed by atoms with Gasteiger partial charge in [0.2, 0.25) is 0 Å². The van der Waals surface area contributed by atoms with Crippen molar-refractivity contribution in [2.45, 2.75) is 3.79 Å². The van der Waals surface area contributed by atoms with Crippen LogP contribution in [0.25, 0.3) is 0 Å². The van der Waals surface area contributed by atoms with Crippen molar-refractivity contribution in [3.63, 3.8) is 0 Å². The van der Waals surface area contributed by atoms with Crippen LogP contribution in [0, 0.1) is 10.1 Å². The molecule has 0 atom stereocenters. The molecule has 0 amide bonds. The summed E-state index contributed by atoms with van der Waals surface area (Å²) in [7, 11) is 0. The van der Waals surface area contributed by atoms with Crippen LogP contribution < -0.4 is 4.74 Å². The van der Waals surface area contributed by atoms with Crippen molar-refractivity contribution >= 4 is 58.1 Å². The van der Waals surface area contributed by atoms with Gasteiger partial charge >= 0.3 is 5.97 Å². The molecule has 0 aliphatic rings. The summed E-state index contributed by atoms with van der Waals surface area (Å²) >= 11 is 21.5. The van der Waals surface area contributed by atoms with Crippen LogP contribution in [-0.2, 0) is 4.79 Å². The quantitative estimate of drug-likeness (QED) is 0.275. The maximum absolute atomic E-state index is 11.2. The highest BCUT2D eigenvalue weighted by atomic mass is 35.6. The Morgan fingerprint density at radius 1 is 1.35 bits per heavy atom. The molecule has 0 N–H and O–H groups in total. The average molecular weight is 319 g/mol. The third-order valence-electron chi connectivity index (χ3n) is 1.56. The number of alkyl halides is 3. The van der Waals surface area contributed by atoms with E-state index in [-0.39, 0.29) is 16.5 Å². The molecule has 1 aromatic rings. The zero-order valence-electron chi connectivity index (χ0n) is 7.82. The van der Waals surface area contributed by atoms with E-state index in [9.17, 15) is 14.9 Å². The molecule has 0 unspecified atom stereocenters. The minimum Gasteiger partial charge on any atom is -0.422 e. The molecule has 9 heteroatoms. The lowest BCUT2D eigenvalue weighted by molar-refractivity contribution is -0.384. The summed E-state index contributed by atoms with van der Waals surface area (Å²) in [6.07, 6.45) is 0. The number of carbonyl (C=O) groups is 1. The first-order valence-corrected chi connectivity index (χ1v) is 5.46. The zero-order valence-corrected chi connectivity index (χ0v) is 10.8. The number of carbonyl (C=O) groups excluding carboxylic acids is 1. The molecular formula is C8H3Cl4NO4. The minimum atomic E-state index is -2.24. The lowest BCUT2D eigenvalue weighted by atomic mass is 10.3. The summed E-state index contributed by atoms with van der Waals surface area (Å²) in [6.45, 7) is 0. The number of nitrogens with zero attached hydrogens (tertiary/aromatic N) is 1. The van der Waals surface area contributed by atoms with E-state index in [1.807, 2.05) is 0 Å². The van der Waals surface area contributed by atoms with Crippen LogP contribution in [-0.4, -0.2) is 14.7 Å². The van der Waals surface area contributed by atoms with E-state index in [1.54, 1.807) is 0 Å². The largest absolute Gasteiger partial charge is 0.422 e. The van der Waals surface area contributed by atoms with Crippen LogP contribution in [0.15, 0.2) is 18.2 Å². The van der Waals surface area contributed by atoms with Crippen molar-refractivity contribution in [3.05, 3.63) is 33.3 Å². The molecule has 0 aromatic heterocycles. The monoisotopic (exact) mass is 317 g/mol. The van der Waals surface area contributed by atoms with Gasteiger partial charge in [-0.15, -0.1) is 0 Å². The maximum atomic E-state index is 11.2. The Morgan fingerprint density at radius 2 is 1.94 bits per heavy atom. The van der Waals surface area contributed by atoms with E-state index in [4.69, 9.17) is 46.4 Å². The molecule has 5 nitrogen and oxygen atoms in total. The number of non-ortho nitro benzene ring substituents is 1. The van der Waals surface area contributed by atoms with E-state index in [0.29, 0.717) is 0 Å². The Hall–Kier alpha value is -0.750. The van der Waals surface area contributed by atoms with Gasteiger partial charge in [0.05, 0.1) is 9.95 Å². The number of hydrogen-bond donors (Lipinski definition) is 0. The molecule has 92 valence electrons. The Labute approximate surface area is 115 Å². The van der Waals surface area contributed by atoms with Gasteiger partial charge in [-0.3, -0.25) is 10.1 Å².